The van der Waals surface area contributed by atoms with Crippen LogP contribution in [0.4, 0.5) is 13.6 Å². The first-order valence-electron chi connectivity index (χ1n) is 8.04. The van der Waals surface area contributed by atoms with Crippen molar-refractivity contribution < 1.29 is 28.2 Å². The second-order valence-corrected chi connectivity index (χ2v) is 6.41. The Labute approximate surface area is 144 Å². The number of hydrogen-bond donors (Lipinski definition) is 2. The number of carbonyl (C=O) groups excluding carboxylic acids is 1. The summed E-state index contributed by atoms with van der Waals surface area (Å²) in [4.78, 5) is 25.2. The zero-order valence-electron chi connectivity index (χ0n) is 14.2. The second kappa shape index (κ2) is 8.24. The Bertz CT molecular complexity index is 641. The summed E-state index contributed by atoms with van der Waals surface area (Å²) in [5.74, 6) is -3.47. The highest BCUT2D eigenvalue weighted by atomic mass is 19.2. The summed E-state index contributed by atoms with van der Waals surface area (Å²) in [7, 11) is 1.43. The van der Waals surface area contributed by atoms with Gasteiger partial charge in [0.15, 0.2) is 11.6 Å². The number of carbonyl (C=O) groups is 2. The topological polar surface area (TPSA) is 78.9 Å². The van der Waals surface area contributed by atoms with Crippen molar-refractivity contribution in [3.63, 3.8) is 0 Å². The summed E-state index contributed by atoms with van der Waals surface area (Å²) in [6.45, 7) is 2.51. The molecule has 1 aliphatic rings. The van der Waals surface area contributed by atoms with E-state index in [4.69, 9.17) is 4.74 Å². The highest BCUT2D eigenvalue weighted by Gasteiger charge is 2.32. The van der Waals surface area contributed by atoms with Crippen LogP contribution < -0.4 is 5.32 Å². The predicted molar refractivity (Wildman–Crippen MR) is 86.0 cm³/mol. The summed E-state index contributed by atoms with van der Waals surface area (Å²) in [5, 5.41) is 11.9. The molecule has 25 heavy (non-hydrogen) atoms. The Kier molecular flexibility index (Phi) is 6.30. The average Bonchev–Trinajstić information content (AvgIpc) is 2.56. The third-order valence-corrected chi connectivity index (χ3v) is 4.27. The van der Waals surface area contributed by atoms with Crippen LogP contribution >= 0.6 is 0 Å². The lowest BCUT2D eigenvalue weighted by atomic mass is 9.91. The molecule has 3 unspecified atom stereocenters. The number of nitrogens with zero attached hydrogens (tertiary/aromatic N) is 1. The number of aliphatic carboxylic acids is 1. The van der Waals surface area contributed by atoms with E-state index in [2.05, 4.69) is 5.32 Å². The van der Waals surface area contributed by atoms with Crippen LogP contribution in [0.25, 0.3) is 0 Å². The van der Waals surface area contributed by atoms with Crippen LogP contribution in [0.5, 0.6) is 0 Å². The number of amides is 2. The van der Waals surface area contributed by atoms with Gasteiger partial charge in [-0.1, -0.05) is 13.0 Å². The van der Waals surface area contributed by atoms with Crippen LogP contribution in [0.15, 0.2) is 18.2 Å². The number of halogens is 2. The molecular weight excluding hydrogens is 334 g/mol. The van der Waals surface area contributed by atoms with Crippen molar-refractivity contribution in [2.45, 2.75) is 19.4 Å². The Hall–Kier alpha value is -2.22. The molecule has 3 atom stereocenters. The van der Waals surface area contributed by atoms with Crippen molar-refractivity contribution in [2.75, 3.05) is 26.8 Å². The lowest BCUT2D eigenvalue weighted by Crippen LogP contribution is -2.50. The normalized spacial score (nSPS) is 21.7. The number of likely N-dealkylation sites (tertiary alicyclic amines) is 1. The summed E-state index contributed by atoms with van der Waals surface area (Å²) in [6, 6.07) is 2.25. The number of piperidine rings is 1. The number of carboxylic acids is 1. The molecule has 1 aromatic carbocycles. The molecular formula is C17H22F2N2O4. The number of methoxy groups -OCH3 is 1. The van der Waals surface area contributed by atoms with Crippen molar-refractivity contribution in [2.24, 2.45) is 11.8 Å². The van der Waals surface area contributed by atoms with Crippen molar-refractivity contribution in [1.82, 2.24) is 10.2 Å². The minimum atomic E-state index is -1.01. The molecule has 1 heterocycles. The maximum atomic E-state index is 13.5. The molecule has 0 bridgehead atoms. The van der Waals surface area contributed by atoms with Gasteiger partial charge in [-0.3, -0.25) is 4.79 Å². The van der Waals surface area contributed by atoms with E-state index in [1.165, 1.54) is 18.1 Å². The third-order valence-electron chi connectivity index (χ3n) is 4.27. The first kappa shape index (κ1) is 19.1. The van der Waals surface area contributed by atoms with Gasteiger partial charge >= 0.3 is 12.0 Å². The standard InChI is InChI=1S/C17H22F2N2O4/c1-10-5-12(16(22)23)8-21(7-10)17(24)20-15(9-25-2)11-3-4-13(18)14(19)6-11/h3-4,6,10,12,15H,5,7-9H2,1-2H3,(H,20,24)(H,22,23). The number of rotatable bonds is 5. The number of benzene rings is 1. The molecule has 0 radical (unpaired) electrons. The fraction of sp³-hybridized carbons (Fsp3) is 0.529. The van der Waals surface area contributed by atoms with Crippen molar-refractivity contribution >= 4 is 12.0 Å². The molecule has 1 saturated heterocycles. The highest BCUT2D eigenvalue weighted by molar-refractivity contribution is 5.77. The average molecular weight is 356 g/mol. The van der Waals surface area contributed by atoms with Gasteiger partial charge in [0.05, 0.1) is 18.6 Å². The van der Waals surface area contributed by atoms with Gasteiger partial charge in [0.1, 0.15) is 0 Å². The molecule has 2 N–H and O–H groups in total. The smallest absolute Gasteiger partial charge is 0.317 e. The lowest BCUT2D eigenvalue weighted by molar-refractivity contribution is -0.143. The van der Waals surface area contributed by atoms with E-state index in [0.29, 0.717) is 18.5 Å². The molecule has 0 aromatic heterocycles. The van der Waals surface area contributed by atoms with Crippen LogP contribution in [-0.4, -0.2) is 48.8 Å². The van der Waals surface area contributed by atoms with Gasteiger partial charge in [-0.05, 0) is 30.0 Å². The summed E-state index contributed by atoms with van der Waals surface area (Å²) in [6.07, 6.45) is 0.518. The van der Waals surface area contributed by atoms with Gasteiger partial charge in [0.2, 0.25) is 0 Å². The van der Waals surface area contributed by atoms with Gasteiger partial charge in [0.25, 0.3) is 0 Å². The second-order valence-electron chi connectivity index (χ2n) is 6.41. The van der Waals surface area contributed by atoms with Crippen LogP contribution in [0.3, 0.4) is 0 Å². The predicted octanol–water partition coefficient (Wildman–Crippen LogP) is 2.40. The maximum absolute atomic E-state index is 13.5. The Morgan fingerprint density at radius 3 is 2.68 bits per heavy atom. The fourth-order valence-electron chi connectivity index (χ4n) is 3.05. The van der Waals surface area contributed by atoms with Gasteiger partial charge in [-0.2, -0.15) is 0 Å². The third kappa shape index (κ3) is 4.88. The van der Waals surface area contributed by atoms with Crippen molar-refractivity contribution in [3.8, 4) is 0 Å². The quantitative estimate of drug-likeness (QED) is 0.849. The van der Waals surface area contributed by atoms with E-state index in [1.54, 1.807) is 0 Å². The SMILES string of the molecule is COCC(NC(=O)N1CC(C)CC(C(=O)O)C1)c1ccc(F)c(F)c1. The van der Waals surface area contributed by atoms with E-state index in [0.717, 1.165) is 12.1 Å². The molecule has 6 nitrogen and oxygen atoms in total. The summed E-state index contributed by atoms with van der Waals surface area (Å²) >= 11 is 0. The van der Waals surface area contributed by atoms with Crippen molar-refractivity contribution in [1.29, 1.82) is 0 Å². The van der Waals surface area contributed by atoms with Gasteiger partial charge in [-0.25, -0.2) is 13.6 Å². The summed E-state index contributed by atoms with van der Waals surface area (Å²) in [5.41, 5.74) is 0.369. The minimum Gasteiger partial charge on any atom is -0.481 e. The zero-order valence-corrected chi connectivity index (χ0v) is 14.2. The monoisotopic (exact) mass is 356 g/mol. The van der Waals surface area contributed by atoms with Gasteiger partial charge in [-0.15, -0.1) is 0 Å². The molecule has 1 fully saturated rings. The molecule has 2 amide bonds. The maximum Gasteiger partial charge on any atom is 0.317 e. The van der Waals surface area contributed by atoms with Crippen LogP contribution in [0.2, 0.25) is 0 Å². The minimum absolute atomic E-state index is 0.0599. The van der Waals surface area contributed by atoms with E-state index >= 15 is 0 Å². The molecule has 1 aliphatic heterocycles. The van der Waals surface area contributed by atoms with Crippen LogP contribution in [0, 0.1) is 23.5 Å². The first-order valence-corrected chi connectivity index (χ1v) is 8.04. The first-order chi connectivity index (χ1) is 11.8. The van der Waals surface area contributed by atoms with E-state index in [1.807, 2.05) is 6.92 Å². The van der Waals surface area contributed by atoms with Crippen molar-refractivity contribution in [3.05, 3.63) is 35.4 Å². The number of urea groups is 1. The molecule has 0 spiro atoms. The van der Waals surface area contributed by atoms with Gasteiger partial charge in [0, 0.05) is 20.2 Å². The Balaban J connectivity index is 2.11. The Morgan fingerprint density at radius 2 is 2.08 bits per heavy atom. The largest absolute Gasteiger partial charge is 0.481 e. The van der Waals surface area contributed by atoms with E-state index in [9.17, 15) is 23.5 Å². The molecule has 138 valence electrons. The zero-order chi connectivity index (χ0) is 18.6. The molecule has 0 aliphatic carbocycles. The van der Waals surface area contributed by atoms with E-state index < -0.39 is 35.6 Å². The highest BCUT2D eigenvalue weighted by Crippen LogP contribution is 2.23. The number of hydrogen-bond acceptors (Lipinski definition) is 3. The fourth-order valence-corrected chi connectivity index (χ4v) is 3.05. The van der Waals surface area contributed by atoms with E-state index in [-0.39, 0.29) is 19.1 Å². The van der Waals surface area contributed by atoms with Crippen LogP contribution in [0.1, 0.15) is 24.9 Å². The van der Waals surface area contributed by atoms with Crippen LogP contribution in [-0.2, 0) is 9.53 Å². The molecule has 1 aromatic rings. The Morgan fingerprint density at radius 1 is 1.36 bits per heavy atom. The number of nitrogens with one attached hydrogen (secondary N) is 1. The number of carboxylic acid groups (broad SMARTS) is 1. The molecule has 2 rings (SSSR count). The lowest BCUT2D eigenvalue weighted by Gasteiger charge is -2.35. The molecule has 0 saturated carbocycles. The van der Waals surface area contributed by atoms with Gasteiger partial charge < -0.3 is 20.1 Å². The molecule has 8 heteroatoms. The number of ether oxygens (including phenoxy) is 1. The summed E-state index contributed by atoms with van der Waals surface area (Å²) < 4.78 is 31.6.